The zero-order chi connectivity index (χ0) is 56.0. The predicted molar refractivity (Wildman–Crippen MR) is 286 cm³/mol. The van der Waals surface area contributed by atoms with E-state index >= 15 is 0 Å². The van der Waals surface area contributed by atoms with Crippen molar-refractivity contribution in [2.75, 3.05) is 26.3 Å². The van der Waals surface area contributed by atoms with Gasteiger partial charge in [-0.05, 0) is 126 Å². The SMILES string of the molecule is CC(=O)N[C@@H](Cc1cc(F)cc(F)c1)[C@H](O)CNC1COCc2ccc(CC(C)(C)C)cc21.CC(C)(C)Cc1ccc2c(c1)C(NC[C@@H](O)C(Cc1cc(F)cc(F)c1)NC(=O)OC(C)(C)C)COC2.Cn1ccnc1. The van der Waals surface area contributed by atoms with Crippen molar-refractivity contribution in [2.45, 2.75) is 150 Å². The molecule has 0 aliphatic carbocycles. The highest BCUT2D eigenvalue weighted by molar-refractivity contribution is 5.73. The van der Waals surface area contributed by atoms with Gasteiger partial charge in [0.25, 0.3) is 0 Å². The Morgan fingerprint density at radius 2 is 1.08 bits per heavy atom. The van der Waals surface area contributed by atoms with Gasteiger partial charge in [0.05, 0.1) is 69.1 Å². The number of nitrogens with one attached hydrogen (secondary N) is 4. The number of hydrogen-bond acceptors (Lipinski definition) is 10. The van der Waals surface area contributed by atoms with Crippen LogP contribution in [0.4, 0.5) is 22.4 Å². The van der Waals surface area contributed by atoms with E-state index < -0.39 is 59.3 Å². The first-order valence-electron chi connectivity index (χ1n) is 25.9. The molecule has 2 aliphatic rings. The first-order chi connectivity index (χ1) is 35.6. The fourth-order valence-corrected chi connectivity index (χ4v) is 9.12. The molecule has 6 N–H and O–H groups in total. The molecule has 0 saturated heterocycles. The molecule has 0 fully saturated rings. The number of aliphatic hydroxyl groups is 2. The summed E-state index contributed by atoms with van der Waals surface area (Å²) < 4.78 is 73.5. The number of hydrogen-bond donors (Lipinski definition) is 6. The van der Waals surface area contributed by atoms with Crippen LogP contribution in [0.25, 0.3) is 0 Å². The number of rotatable bonds is 16. The molecule has 416 valence electrons. The molecule has 0 saturated carbocycles. The monoisotopic (exact) mass is 1060 g/mol. The van der Waals surface area contributed by atoms with Crippen molar-refractivity contribution in [1.29, 1.82) is 0 Å². The zero-order valence-corrected chi connectivity index (χ0v) is 46.0. The molecule has 0 spiro atoms. The van der Waals surface area contributed by atoms with E-state index in [9.17, 15) is 37.4 Å². The van der Waals surface area contributed by atoms with E-state index in [0.717, 1.165) is 47.2 Å². The van der Waals surface area contributed by atoms with Crippen molar-refractivity contribution in [3.63, 3.8) is 0 Å². The molecule has 2 aliphatic heterocycles. The van der Waals surface area contributed by atoms with Gasteiger partial charge in [0.15, 0.2) is 0 Å². The van der Waals surface area contributed by atoms with Crippen molar-refractivity contribution in [3.05, 3.63) is 159 Å². The fourth-order valence-electron chi connectivity index (χ4n) is 9.12. The highest BCUT2D eigenvalue weighted by Gasteiger charge is 2.30. The molecule has 2 amide bonds. The van der Waals surface area contributed by atoms with Crippen molar-refractivity contribution < 1.29 is 51.6 Å². The molecule has 13 nitrogen and oxygen atoms in total. The summed E-state index contributed by atoms with van der Waals surface area (Å²) in [5.74, 6) is -3.15. The Balaban J connectivity index is 0.000000253. The minimum atomic E-state index is -1.07. The molecule has 76 heavy (non-hydrogen) atoms. The normalized spacial score (nSPS) is 17.0. The number of imidazole rings is 1. The third-order valence-corrected chi connectivity index (χ3v) is 12.3. The van der Waals surface area contributed by atoms with Gasteiger partial charge in [-0.2, -0.15) is 0 Å². The number of fused-ring (bicyclic) bond motifs is 2. The second-order valence-electron chi connectivity index (χ2n) is 23.4. The summed E-state index contributed by atoms with van der Waals surface area (Å²) in [7, 11) is 1.94. The van der Waals surface area contributed by atoms with Gasteiger partial charge in [0, 0.05) is 51.6 Å². The van der Waals surface area contributed by atoms with Crippen LogP contribution >= 0.6 is 0 Å². The lowest BCUT2D eigenvalue weighted by atomic mass is 9.86. The summed E-state index contributed by atoms with van der Waals surface area (Å²) in [6.45, 7) is 22.0. The summed E-state index contributed by atoms with van der Waals surface area (Å²) in [4.78, 5) is 28.0. The maximum absolute atomic E-state index is 13.8. The summed E-state index contributed by atoms with van der Waals surface area (Å²) in [5.41, 5.74) is 7.22. The molecule has 7 rings (SSSR count). The standard InChI is InChI=1S/C29H40F2N2O4.C26H34F2N2O3.C4H6N2/c1-28(2,3)14-18-7-8-20-16-36-17-25(23(20)11-18)32-15-26(34)24(33-27(35)37-29(4,5)6)12-19-9-21(30)13-22(31)10-19;1-16(31)30-23(10-18-7-20(27)11-21(28)8-18)25(32)13-29-24-15-33-14-19-6-5-17(9-22(19)24)12-26(2,3)4;1-6-3-2-5-4-6/h7-11,13,24-26,32,34H,12,14-17H2,1-6H3,(H,33,35);5-9,11,23-25,29,32H,10,12-15H2,1-4H3,(H,30,31);2-4H,1H3/t24?,25?,26-;23-,24?,25+;/m10./s1. The van der Waals surface area contributed by atoms with E-state index in [4.69, 9.17) is 14.2 Å². The second kappa shape index (κ2) is 27.6. The number of nitrogens with zero attached hydrogens (tertiary/aromatic N) is 2. The van der Waals surface area contributed by atoms with Crippen molar-refractivity contribution >= 4 is 12.0 Å². The molecule has 1 aromatic heterocycles. The first kappa shape index (κ1) is 61.2. The number of carbonyl (C=O) groups excluding carboxylic acids is 2. The number of aliphatic hydroxyl groups excluding tert-OH is 2. The minimum absolute atomic E-state index is 0.0181. The van der Waals surface area contributed by atoms with Crippen LogP contribution in [0.1, 0.15) is 126 Å². The van der Waals surface area contributed by atoms with E-state index in [1.165, 1.54) is 42.3 Å². The van der Waals surface area contributed by atoms with Crippen LogP contribution in [-0.4, -0.2) is 88.0 Å². The largest absolute Gasteiger partial charge is 0.444 e. The third-order valence-electron chi connectivity index (χ3n) is 12.3. The molecule has 3 heterocycles. The van der Waals surface area contributed by atoms with Crippen molar-refractivity contribution in [1.82, 2.24) is 30.8 Å². The average molecular weight is 1060 g/mol. The predicted octanol–water partition coefficient (Wildman–Crippen LogP) is 9.45. The lowest BCUT2D eigenvalue weighted by Gasteiger charge is -2.31. The Hall–Kier alpha value is -5.69. The fraction of sp³-hybridized carbons (Fsp3) is 0.508. The van der Waals surface area contributed by atoms with Crippen LogP contribution in [0, 0.1) is 34.1 Å². The second-order valence-corrected chi connectivity index (χ2v) is 23.4. The van der Waals surface area contributed by atoms with Crippen molar-refractivity contribution in [3.8, 4) is 0 Å². The van der Waals surface area contributed by atoms with Crippen LogP contribution in [0.5, 0.6) is 0 Å². The molecular weight excluding hydrogens is 981 g/mol. The Morgan fingerprint density at radius 1 is 0.658 bits per heavy atom. The van der Waals surface area contributed by atoms with Gasteiger partial charge in [0.1, 0.15) is 28.9 Å². The summed E-state index contributed by atoms with van der Waals surface area (Å²) >= 11 is 0. The van der Waals surface area contributed by atoms with E-state index in [1.807, 2.05) is 17.8 Å². The molecule has 4 aromatic carbocycles. The number of aromatic nitrogens is 2. The van der Waals surface area contributed by atoms with Crippen LogP contribution in [0.3, 0.4) is 0 Å². The summed E-state index contributed by atoms with van der Waals surface area (Å²) in [6.07, 6.45) is 4.64. The van der Waals surface area contributed by atoms with Gasteiger partial charge in [0.2, 0.25) is 5.91 Å². The highest BCUT2D eigenvalue weighted by atomic mass is 19.1. The number of carbonyl (C=O) groups is 2. The Kier molecular flexibility index (Phi) is 22.2. The summed E-state index contributed by atoms with van der Waals surface area (Å²) in [5, 5.41) is 34.0. The molecule has 3 unspecified atom stereocenters. The maximum atomic E-state index is 13.8. The lowest BCUT2D eigenvalue weighted by molar-refractivity contribution is -0.120. The topological polar surface area (TPSA) is 168 Å². The zero-order valence-electron chi connectivity index (χ0n) is 46.0. The third kappa shape index (κ3) is 21.4. The van der Waals surface area contributed by atoms with Gasteiger partial charge in [-0.15, -0.1) is 0 Å². The van der Waals surface area contributed by atoms with Crippen LogP contribution in [0.2, 0.25) is 0 Å². The van der Waals surface area contributed by atoms with E-state index in [1.54, 1.807) is 33.3 Å². The van der Waals surface area contributed by atoms with Gasteiger partial charge in [-0.1, -0.05) is 77.9 Å². The minimum Gasteiger partial charge on any atom is -0.444 e. The van der Waals surface area contributed by atoms with Gasteiger partial charge < -0.3 is 50.3 Å². The number of aryl methyl sites for hydroxylation is 1. The first-order valence-corrected chi connectivity index (χ1v) is 25.9. The van der Waals surface area contributed by atoms with E-state index in [0.29, 0.717) is 37.6 Å². The van der Waals surface area contributed by atoms with Gasteiger partial charge >= 0.3 is 6.09 Å². The van der Waals surface area contributed by atoms with E-state index in [-0.39, 0.29) is 54.8 Å². The van der Waals surface area contributed by atoms with Crippen molar-refractivity contribution in [2.24, 2.45) is 17.9 Å². The maximum Gasteiger partial charge on any atom is 0.407 e. The highest BCUT2D eigenvalue weighted by Crippen LogP contribution is 2.31. The molecule has 0 radical (unpaired) electrons. The number of amides is 2. The van der Waals surface area contributed by atoms with Gasteiger partial charge in [-0.25, -0.2) is 27.3 Å². The lowest BCUT2D eigenvalue weighted by Crippen LogP contribution is -2.50. The van der Waals surface area contributed by atoms with Crippen LogP contribution in [0.15, 0.2) is 91.5 Å². The smallest absolute Gasteiger partial charge is 0.407 e. The molecule has 0 bridgehead atoms. The van der Waals surface area contributed by atoms with E-state index in [2.05, 4.69) is 104 Å². The Morgan fingerprint density at radius 3 is 1.42 bits per heavy atom. The summed E-state index contributed by atoms with van der Waals surface area (Å²) in [6, 6.07) is 17.4. The Labute approximate surface area is 446 Å². The Bertz CT molecular complexity index is 2610. The number of ether oxygens (including phenoxy) is 3. The number of benzene rings is 4. The molecular formula is C59H80F4N6O7. The van der Waals surface area contributed by atoms with Crippen LogP contribution in [-0.2, 0) is 64.9 Å². The molecule has 6 atom stereocenters. The molecule has 5 aromatic rings. The number of alkyl carbamates (subject to hydrolysis) is 1. The average Bonchev–Trinajstić information content (AvgIpc) is 3.78. The van der Waals surface area contributed by atoms with Crippen LogP contribution < -0.4 is 21.3 Å². The number of halogens is 4. The molecule has 17 heteroatoms. The van der Waals surface area contributed by atoms with Gasteiger partial charge in [-0.3, -0.25) is 4.79 Å². The quantitative estimate of drug-likeness (QED) is 0.0524.